The molecule has 0 unspecified atom stereocenters. The zero-order valence-corrected chi connectivity index (χ0v) is 21.4. The molecule has 186 valence electrons. The maximum Gasteiger partial charge on any atom is 0.296 e. The van der Waals surface area contributed by atoms with Gasteiger partial charge in [-0.2, -0.15) is 0 Å². The molecule has 0 saturated heterocycles. The normalized spacial score (nSPS) is 11.3. The molecular formula is C27H28N4O4S. The van der Waals surface area contributed by atoms with Crippen LogP contribution in [0.2, 0.25) is 0 Å². The van der Waals surface area contributed by atoms with E-state index in [1.807, 2.05) is 38.1 Å². The molecule has 1 aromatic heterocycles. The lowest BCUT2D eigenvalue weighted by atomic mass is 10.1. The number of aromatic nitrogens is 2. The van der Waals surface area contributed by atoms with E-state index in [4.69, 9.17) is 0 Å². The SMILES string of the molecule is Cc1cccc(C)c1NC(=O)CN(c1c(C)n(C)n(-c2ccccc2)c1=O)S(=O)(=O)c1ccccc1. The number of carbonyl (C=O) groups is 1. The zero-order valence-electron chi connectivity index (χ0n) is 20.6. The van der Waals surface area contributed by atoms with Crippen molar-refractivity contribution >= 4 is 27.3 Å². The number of anilines is 2. The minimum Gasteiger partial charge on any atom is -0.324 e. The monoisotopic (exact) mass is 504 g/mol. The second-order valence-electron chi connectivity index (χ2n) is 8.55. The van der Waals surface area contributed by atoms with Gasteiger partial charge in [0, 0.05) is 12.7 Å². The number of sulfonamides is 1. The van der Waals surface area contributed by atoms with E-state index in [9.17, 15) is 18.0 Å². The van der Waals surface area contributed by atoms with Crippen LogP contribution in [0.3, 0.4) is 0 Å². The number of hydrogen-bond acceptors (Lipinski definition) is 4. The van der Waals surface area contributed by atoms with Crippen molar-refractivity contribution in [3.05, 3.63) is 106 Å². The largest absolute Gasteiger partial charge is 0.324 e. The Labute approximate surface area is 210 Å². The van der Waals surface area contributed by atoms with Gasteiger partial charge < -0.3 is 5.32 Å². The Bertz CT molecular complexity index is 1550. The molecule has 4 aromatic rings. The van der Waals surface area contributed by atoms with Crippen LogP contribution >= 0.6 is 0 Å². The molecule has 9 heteroatoms. The number of aryl methyl sites for hydroxylation is 2. The second-order valence-corrected chi connectivity index (χ2v) is 10.4. The Morgan fingerprint density at radius 3 is 2.00 bits per heavy atom. The van der Waals surface area contributed by atoms with Gasteiger partial charge in [0.15, 0.2) is 0 Å². The Hall–Kier alpha value is -4.11. The summed E-state index contributed by atoms with van der Waals surface area (Å²) < 4.78 is 31.5. The molecule has 3 aromatic carbocycles. The van der Waals surface area contributed by atoms with Crippen LogP contribution < -0.4 is 15.2 Å². The summed E-state index contributed by atoms with van der Waals surface area (Å²) in [5, 5.41) is 2.83. The molecule has 0 aliphatic rings. The quantitative estimate of drug-likeness (QED) is 0.413. The van der Waals surface area contributed by atoms with Crippen molar-refractivity contribution in [2.45, 2.75) is 25.7 Å². The maximum atomic E-state index is 13.8. The minimum atomic E-state index is -4.25. The van der Waals surface area contributed by atoms with Gasteiger partial charge in [0.05, 0.1) is 16.3 Å². The number of nitrogens with one attached hydrogen (secondary N) is 1. The number of hydrogen-bond donors (Lipinski definition) is 1. The number of rotatable bonds is 7. The molecule has 0 fully saturated rings. The summed E-state index contributed by atoms with van der Waals surface area (Å²) in [4.78, 5) is 26.9. The molecule has 0 radical (unpaired) electrons. The molecule has 1 heterocycles. The number of benzene rings is 3. The van der Waals surface area contributed by atoms with Crippen LogP contribution in [0.4, 0.5) is 11.4 Å². The van der Waals surface area contributed by atoms with Crippen molar-refractivity contribution in [1.82, 2.24) is 9.36 Å². The maximum absolute atomic E-state index is 13.8. The summed E-state index contributed by atoms with van der Waals surface area (Å²) in [5.41, 5.74) is 2.68. The van der Waals surface area contributed by atoms with Gasteiger partial charge in [-0.3, -0.25) is 14.3 Å². The fourth-order valence-corrected chi connectivity index (χ4v) is 5.66. The molecule has 1 amide bonds. The average Bonchev–Trinajstić information content (AvgIpc) is 3.08. The third kappa shape index (κ3) is 4.57. The van der Waals surface area contributed by atoms with E-state index in [-0.39, 0.29) is 10.6 Å². The first-order valence-electron chi connectivity index (χ1n) is 11.4. The molecule has 0 aliphatic carbocycles. The van der Waals surface area contributed by atoms with Crippen LogP contribution in [-0.2, 0) is 21.9 Å². The van der Waals surface area contributed by atoms with Gasteiger partial charge in [-0.1, -0.05) is 54.6 Å². The highest BCUT2D eigenvalue weighted by Gasteiger charge is 2.33. The van der Waals surface area contributed by atoms with E-state index in [1.54, 1.807) is 61.1 Å². The average molecular weight is 505 g/mol. The number of amides is 1. The summed E-state index contributed by atoms with van der Waals surface area (Å²) >= 11 is 0. The first-order valence-corrected chi connectivity index (χ1v) is 12.8. The topological polar surface area (TPSA) is 93.4 Å². The van der Waals surface area contributed by atoms with E-state index >= 15 is 0 Å². The van der Waals surface area contributed by atoms with Crippen LogP contribution in [0.5, 0.6) is 0 Å². The molecule has 0 atom stereocenters. The highest BCUT2D eigenvalue weighted by molar-refractivity contribution is 7.92. The fraction of sp³-hybridized carbons (Fsp3) is 0.185. The molecule has 0 bridgehead atoms. The van der Waals surface area contributed by atoms with Gasteiger partial charge in [0.1, 0.15) is 12.2 Å². The number of carbonyl (C=O) groups excluding carboxylic acids is 1. The van der Waals surface area contributed by atoms with Crippen molar-refractivity contribution in [2.24, 2.45) is 7.05 Å². The first-order chi connectivity index (χ1) is 17.1. The highest BCUT2D eigenvalue weighted by Crippen LogP contribution is 2.26. The van der Waals surface area contributed by atoms with Crippen LogP contribution in [0, 0.1) is 20.8 Å². The fourth-order valence-electron chi connectivity index (χ4n) is 4.17. The van der Waals surface area contributed by atoms with Gasteiger partial charge in [0.25, 0.3) is 15.6 Å². The van der Waals surface area contributed by atoms with Crippen molar-refractivity contribution < 1.29 is 13.2 Å². The molecule has 8 nitrogen and oxygen atoms in total. The zero-order chi connectivity index (χ0) is 26.0. The standard InChI is InChI=1S/C27H28N4O4S/c1-19-12-11-13-20(2)25(19)28-24(32)18-30(36(34,35)23-16-9-6-10-17-23)26-21(3)29(4)31(27(26)33)22-14-7-5-8-15-22/h5-17H,18H2,1-4H3,(H,28,32). The van der Waals surface area contributed by atoms with E-state index in [1.165, 1.54) is 16.8 Å². The third-order valence-electron chi connectivity index (χ3n) is 6.14. The molecule has 4 rings (SSSR count). The smallest absolute Gasteiger partial charge is 0.296 e. The van der Waals surface area contributed by atoms with E-state index in [0.717, 1.165) is 15.4 Å². The predicted octanol–water partition coefficient (Wildman–Crippen LogP) is 3.94. The molecule has 36 heavy (non-hydrogen) atoms. The molecule has 0 saturated carbocycles. The summed E-state index contributed by atoms with van der Waals surface area (Å²) in [6.45, 7) is 4.81. The summed E-state index contributed by atoms with van der Waals surface area (Å²) in [6, 6.07) is 22.3. The summed E-state index contributed by atoms with van der Waals surface area (Å²) in [7, 11) is -2.57. The Morgan fingerprint density at radius 1 is 0.861 bits per heavy atom. The number of para-hydroxylation sites is 2. The number of nitrogens with zero attached hydrogens (tertiary/aromatic N) is 3. The Kier molecular flexibility index (Phi) is 6.85. The van der Waals surface area contributed by atoms with Crippen LogP contribution in [0.15, 0.2) is 88.6 Å². The van der Waals surface area contributed by atoms with Crippen molar-refractivity contribution in [3.63, 3.8) is 0 Å². The predicted molar refractivity (Wildman–Crippen MR) is 141 cm³/mol. The lowest BCUT2D eigenvalue weighted by Gasteiger charge is -2.23. The van der Waals surface area contributed by atoms with E-state index in [2.05, 4.69) is 5.32 Å². The molecular weight excluding hydrogens is 476 g/mol. The van der Waals surface area contributed by atoms with E-state index < -0.39 is 28.0 Å². The lowest BCUT2D eigenvalue weighted by Crippen LogP contribution is -2.41. The van der Waals surface area contributed by atoms with Crippen LogP contribution in [-0.4, -0.2) is 30.2 Å². The summed E-state index contributed by atoms with van der Waals surface area (Å²) in [5.74, 6) is -0.555. The van der Waals surface area contributed by atoms with Crippen molar-refractivity contribution in [2.75, 3.05) is 16.2 Å². The van der Waals surface area contributed by atoms with Gasteiger partial charge in [0.2, 0.25) is 5.91 Å². The second kappa shape index (κ2) is 9.87. The first kappa shape index (κ1) is 25.0. The summed E-state index contributed by atoms with van der Waals surface area (Å²) in [6.07, 6.45) is 0. The highest BCUT2D eigenvalue weighted by atomic mass is 32.2. The van der Waals surface area contributed by atoms with Gasteiger partial charge >= 0.3 is 0 Å². The van der Waals surface area contributed by atoms with Crippen molar-refractivity contribution in [1.29, 1.82) is 0 Å². The molecule has 1 N–H and O–H groups in total. The molecule has 0 spiro atoms. The van der Waals surface area contributed by atoms with Crippen molar-refractivity contribution in [3.8, 4) is 5.69 Å². The van der Waals surface area contributed by atoms with Gasteiger partial charge in [-0.15, -0.1) is 0 Å². The third-order valence-corrected chi connectivity index (χ3v) is 7.90. The molecule has 0 aliphatic heterocycles. The minimum absolute atomic E-state index is 0.0150. The Morgan fingerprint density at radius 2 is 1.42 bits per heavy atom. The Balaban J connectivity index is 1.85. The van der Waals surface area contributed by atoms with E-state index in [0.29, 0.717) is 17.1 Å². The lowest BCUT2D eigenvalue weighted by molar-refractivity contribution is -0.114. The van der Waals surface area contributed by atoms with Crippen LogP contribution in [0.1, 0.15) is 16.8 Å². The van der Waals surface area contributed by atoms with Gasteiger partial charge in [-0.05, 0) is 56.2 Å². The van der Waals surface area contributed by atoms with Gasteiger partial charge in [-0.25, -0.2) is 17.4 Å². The van der Waals surface area contributed by atoms with Crippen LogP contribution in [0.25, 0.3) is 5.69 Å².